The quantitative estimate of drug-likeness (QED) is 0.406. The monoisotopic (exact) mass is 480 g/mol. The molecule has 0 aliphatic carbocycles. The van der Waals surface area contributed by atoms with Crippen molar-refractivity contribution in [3.8, 4) is 17.1 Å². The van der Waals surface area contributed by atoms with Crippen LogP contribution in [0, 0.1) is 0 Å². The Labute approximate surface area is 190 Å². The van der Waals surface area contributed by atoms with Crippen molar-refractivity contribution in [2.75, 3.05) is 17.7 Å². The molecule has 0 spiro atoms. The maximum atomic E-state index is 12.2. The number of hydrogen-bond acceptors (Lipinski definition) is 7. The highest BCUT2D eigenvalue weighted by atomic mass is 19.4. The van der Waals surface area contributed by atoms with Crippen molar-refractivity contribution >= 4 is 29.2 Å². The van der Waals surface area contributed by atoms with Crippen molar-refractivity contribution in [1.29, 1.82) is 0 Å². The van der Waals surface area contributed by atoms with Crippen LogP contribution >= 0.6 is 0 Å². The molecule has 0 saturated heterocycles. The Bertz CT molecular complexity index is 1150. The molecule has 1 heterocycles. The van der Waals surface area contributed by atoms with Gasteiger partial charge in [-0.2, -0.15) is 13.2 Å². The molecule has 5 N–H and O–H groups in total. The predicted molar refractivity (Wildman–Crippen MR) is 114 cm³/mol. The molecule has 10 nitrogen and oxygen atoms in total. The van der Waals surface area contributed by atoms with E-state index in [2.05, 4.69) is 15.6 Å². The number of halogens is 3. The van der Waals surface area contributed by atoms with Crippen molar-refractivity contribution in [3.05, 3.63) is 60.6 Å². The average molecular weight is 480 g/mol. The lowest BCUT2D eigenvalue weighted by molar-refractivity contribution is -0.192. The summed E-state index contributed by atoms with van der Waals surface area (Å²) >= 11 is 0. The second-order valence-corrected chi connectivity index (χ2v) is 6.40. The maximum Gasteiger partial charge on any atom is 0.490 e. The Hall–Kier alpha value is -4.39. The molecule has 3 rings (SSSR count). The predicted octanol–water partition coefficient (Wildman–Crippen LogP) is 3.02. The Morgan fingerprint density at radius 2 is 1.71 bits per heavy atom. The van der Waals surface area contributed by atoms with Crippen molar-refractivity contribution in [3.63, 3.8) is 0 Å². The smallest absolute Gasteiger partial charge is 0.490 e. The third-order valence-corrected chi connectivity index (χ3v) is 4.03. The first-order valence-corrected chi connectivity index (χ1v) is 9.33. The molecule has 13 heteroatoms. The zero-order valence-corrected chi connectivity index (χ0v) is 17.6. The average Bonchev–Trinajstić information content (AvgIpc) is 3.33. The van der Waals surface area contributed by atoms with Crippen LogP contribution < -0.4 is 21.1 Å². The molecule has 0 aliphatic rings. The van der Waals surface area contributed by atoms with Gasteiger partial charge in [0.15, 0.2) is 12.2 Å². The first kappa shape index (κ1) is 25.9. The van der Waals surface area contributed by atoms with E-state index in [9.17, 15) is 22.8 Å². The lowest BCUT2D eigenvalue weighted by atomic mass is 10.1. The summed E-state index contributed by atoms with van der Waals surface area (Å²) in [5.74, 6) is -3.35. The fraction of sp³-hybridized carbons (Fsp3) is 0.143. The van der Waals surface area contributed by atoms with Gasteiger partial charge < -0.3 is 30.6 Å². The lowest BCUT2D eigenvalue weighted by Gasteiger charge is -2.10. The molecular weight excluding hydrogens is 461 g/mol. The highest BCUT2D eigenvalue weighted by Crippen LogP contribution is 2.32. The number of carbonyl (C=O) groups excluding carboxylic acids is 2. The molecule has 1 aromatic heterocycles. The van der Waals surface area contributed by atoms with E-state index in [-0.39, 0.29) is 0 Å². The van der Waals surface area contributed by atoms with Crippen molar-refractivity contribution in [1.82, 2.24) is 4.98 Å². The third-order valence-electron chi connectivity index (χ3n) is 4.03. The van der Waals surface area contributed by atoms with E-state index in [1.807, 2.05) is 6.07 Å². The van der Waals surface area contributed by atoms with Gasteiger partial charge in [0.1, 0.15) is 5.75 Å². The van der Waals surface area contributed by atoms with Gasteiger partial charge in [0.25, 0.3) is 0 Å². The summed E-state index contributed by atoms with van der Waals surface area (Å²) in [5, 5.41) is 12.2. The van der Waals surface area contributed by atoms with E-state index in [4.69, 9.17) is 24.8 Å². The molecule has 0 radical (unpaired) electrons. The first-order chi connectivity index (χ1) is 16.0. The third kappa shape index (κ3) is 7.34. The number of hydrogen-bond donors (Lipinski definition) is 4. The van der Waals surface area contributed by atoms with Crippen LogP contribution in [0.3, 0.4) is 0 Å². The van der Waals surface area contributed by atoms with Gasteiger partial charge >= 0.3 is 24.0 Å². The minimum atomic E-state index is -5.08. The molecule has 34 heavy (non-hydrogen) atoms. The van der Waals surface area contributed by atoms with Gasteiger partial charge in [-0.15, -0.1) is 0 Å². The molecule has 0 aliphatic heterocycles. The summed E-state index contributed by atoms with van der Waals surface area (Å²) in [6.45, 7) is 0.341. The number of oxazole rings is 1. The number of amides is 2. The number of nitrogens with zero attached hydrogens (tertiary/aromatic N) is 1. The molecule has 0 saturated carbocycles. The standard InChI is InChI=1S/C19H18N4O4.C2HF3O2/c1-26-16-8-14(5-6-15(16)17-10-21-11-27-17)23-19(25)18(24)22-13-4-2-3-12(7-13)9-20;3-2(4,5)1(6)7/h2-8,10-11H,9,20H2,1H3,(H,22,24)(H,23,25);(H,6,7). The van der Waals surface area contributed by atoms with Crippen LogP contribution in [0.4, 0.5) is 24.5 Å². The SMILES string of the molecule is COc1cc(NC(=O)C(=O)Nc2cccc(CN)c2)ccc1-c1cnco1.O=C(O)C(F)(F)F. The van der Waals surface area contributed by atoms with Crippen LogP contribution in [0.25, 0.3) is 11.3 Å². The van der Waals surface area contributed by atoms with Crippen molar-refractivity contribution < 1.29 is 41.8 Å². The lowest BCUT2D eigenvalue weighted by Crippen LogP contribution is -2.29. The largest absolute Gasteiger partial charge is 0.496 e. The summed E-state index contributed by atoms with van der Waals surface area (Å²) < 4.78 is 42.3. The number of nitrogens with two attached hydrogens (primary N) is 1. The minimum Gasteiger partial charge on any atom is -0.496 e. The Morgan fingerprint density at radius 3 is 2.21 bits per heavy atom. The molecule has 2 aromatic carbocycles. The summed E-state index contributed by atoms with van der Waals surface area (Å²) in [5.41, 5.74) is 8.00. The molecule has 3 aromatic rings. The van der Waals surface area contributed by atoms with Gasteiger partial charge in [0.05, 0.1) is 18.9 Å². The summed E-state index contributed by atoms with van der Waals surface area (Å²) in [6, 6.07) is 11.9. The molecule has 0 atom stereocenters. The second-order valence-electron chi connectivity index (χ2n) is 6.40. The zero-order valence-electron chi connectivity index (χ0n) is 17.6. The van der Waals surface area contributed by atoms with E-state index in [0.29, 0.717) is 35.0 Å². The number of aromatic nitrogens is 1. The van der Waals surface area contributed by atoms with Crippen LogP contribution in [0.1, 0.15) is 5.56 Å². The number of alkyl halides is 3. The van der Waals surface area contributed by atoms with E-state index in [1.54, 1.807) is 42.6 Å². The van der Waals surface area contributed by atoms with E-state index in [1.165, 1.54) is 13.5 Å². The van der Waals surface area contributed by atoms with E-state index < -0.39 is 24.0 Å². The van der Waals surface area contributed by atoms with Crippen LogP contribution in [0.15, 0.2) is 59.5 Å². The van der Waals surface area contributed by atoms with Gasteiger partial charge in [0, 0.05) is 24.0 Å². The zero-order chi connectivity index (χ0) is 25.3. The van der Waals surface area contributed by atoms with Crippen LogP contribution in [-0.2, 0) is 20.9 Å². The van der Waals surface area contributed by atoms with Crippen molar-refractivity contribution in [2.24, 2.45) is 5.73 Å². The number of benzene rings is 2. The Morgan fingerprint density at radius 1 is 1.09 bits per heavy atom. The van der Waals surface area contributed by atoms with Crippen molar-refractivity contribution in [2.45, 2.75) is 12.7 Å². The van der Waals surface area contributed by atoms with Gasteiger partial charge in [-0.3, -0.25) is 9.59 Å². The number of nitrogens with one attached hydrogen (secondary N) is 2. The Balaban J connectivity index is 0.000000509. The number of anilines is 2. The maximum absolute atomic E-state index is 12.2. The molecular formula is C21H19F3N4O6. The number of carboxylic acids is 1. The number of rotatable bonds is 5. The fourth-order valence-corrected chi connectivity index (χ4v) is 2.47. The minimum absolute atomic E-state index is 0.341. The highest BCUT2D eigenvalue weighted by Gasteiger charge is 2.38. The number of ether oxygens (including phenoxy) is 1. The molecule has 0 fully saturated rings. The second kappa shape index (κ2) is 11.5. The highest BCUT2D eigenvalue weighted by molar-refractivity contribution is 6.43. The normalized spacial score (nSPS) is 10.5. The number of carboxylic acid groups (broad SMARTS) is 1. The number of aliphatic carboxylic acids is 1. The summed E-state index contributed by atoms with van der Waals surface area (Å²) in [4.78, 5) is 37.0. The van der Waals surface area contributed by atoms with Crippen LogP contribution in [0.2, 0.25) is 0 Å². The molecule has 0 bridgehead atoms. The van der Waals surface area contributed by atoms with E-state index >= 15 is 0 Å². The molecule has 180 valence electrons. The Kier molecular flexibility index (Phi) is 8.72. The number of carbonyl (C=O) groups is 3. The number of methoxy groups -OCH3 is 1. The van der Waals surface area contributed by atoms with Crippen LogP contribution in [-0.4, -0.2) is 41.2 Å². The molecule has 2 amide bonds. The first-order valence-electron chi connectivity index (χ1n) is 9.33. The topological polar surface area (TPSA) is 157 Å². The van der Waals surface area contributed by atoms with Gasteiger partial charge in [-0.25, -0.2) is 9.78 Å². The van der Waals surface area contributed by atoms with E-state index in [0.717, 1.165) is 5.56 Å². The van der Waals surface area contributed by atoms with Gasteiger partial charge in [-0.05, 0) is 29.8 Å². The fourth-order valence-electron chi connectivity index (χ4n) is 2.47. The van der Waals surface area contributed by atoms with Gasteiger partial charge in [0.2, 0.25) is 0 Å². The molecule has 0 unspecified atom stereocenters. The summed E-state index contributed by atoms with van der Waals surface area (Å²) in [6.07, 6.45) is -2.21. The summed E-state index contributed by atoms with van der Waals surface area (Å²) in [7, 11) is 1.50. The van der Waals surface area contributed by atoms with Gasteiger partial charge in [-0.1, -0.05) is 12.1 Å². The van der Waals surface area contributed by atoms with Crippen LogP contribution in [0.5, 0.6) is 5.75 Å².